The maximum atomic E-state index is 12.3. The van der Waals surface area contributed by atoms with Gasteiger partial charge in [-0.25, -0.2) is 4.79 Å². The molecule has 0 aromatic rings. The van der Waals surface area contributed by atoms with Crippen molar-refractivity contribution in [1.82, 2.24) is 10.2 Å². The van der Waals surface area contributed by atoms with Crippen molar-refractivity contribution in [2.45, 2.75) is 31.4 Å². The molecule has 0 bridgehead atoms. The molecule has 2 atom stereocenters. The molecule has 2 amide bonds. The van der Waals surface area contributed by atoms with Gasteiger partial charge in [-0.05, 0) is 19.3 Å². The Kier molecular flexibility index (Phi) is 6.10. The number of carbonyl (C=O) groups is 2. The second-order valence-corrected chi connectivity index (χ2v) is 8.28. The number of hydrogen-bond acceptors (Lipinski definition) is 4. The molecule has 0 aliphatic carbocycles. The molecular formula is C14H24N2O3S2. The van der Waals surface area contributed by atoms with Gasteiger partial charge in [0.25, 0.3) is 0 Å². The van der Waals surface area contributed by atoms with E-state index < -0.39 is 11.4 Å². The van der Waals surface area contributed by atoms with Gasteiger partial charge in [0.1, 0.15) is 0 Å². The highest BCUT2D eigenvalue weighted by Gasteiger charge is 2.42. The fraction of sp³-hybridized carbons (Fsp3) is 0.857. The average molecular weight is 332 g/mol. The molecule has 2 N–H and O–H groups in total. The van der Waals surface area contributed by atoms with Gasteiger partial charge in [0, 0.05) is 42.1 Å². The summed E-state index contributed by atoms with van der Waals surface area (Å²) in [4.78, 5) is 25.5. The maximum Gasteiger partial charge on any atom is 0.317 e. The Balaban J connectivity index is 1.85. The molecule has 5 nitrogen and oxygen atoms in total. The summed E-state index contributed by atoms with van der Waals surface area (Å²) in [6, 6.07) is -0.107. The molecule has 21 heavy (non-hydrogen) atoms. The number of carboxylic acids is 1. The third-order valence-corrected chi connectivity index (χ3v) is 7.21. The van der Waals surface area contributed by atoms with Crippen LogP contribution in [0.4, 0.5) is 4.79 Å². The number of thioether (sulfide) groups is 2. The minimum atomic E-state index is -0.776. The van der Waals surface area contributed by atoms with Gasteiger partial charge >= 0.3 is 12.0 Å². The zero-order valence-corrected chi connectivity index (χ0v) is 14.1. The van der Waals surface area contributed by atoms with Crippen LogP contribution in [0.2, 0.25) is 0 Å². The van der Waals surface area contributed by atoms with E-state index in [4.69, 9.17) is 0 Å². The third-order valence-electron chi connectivity index (χ3n) is 4.36. The van der Waals surface area contributed by atoms with E-state index in [-0.39, 0.29) is 6.03 Å². The lowest BCUT2D eigenvalue weighted by atomic mass is 9.78. The Bertz CT molecular complexity index is 388. The van der Waals surface area contributed by atoms with Crippen molar-refractivity contribution in [3.05, 3.63) is 0 Å². The molecule has 0 spiro atoms. The first-order valence-corrected chi connectivity index (χ1v) is 9.73. The van der Waals surface area contributed by atoms with Gasteiger partial charge in [-0.1, -0.05) is 6.92 Å². The summed E-state index contributed by atoms with van der Waals surface area (Å²) < 4.78 is 0. The number of piperidine rings is 1. The Morgan fingerprint density at radius 2 is 2.24 bits per heavy atom. The number of nitrogens with one attached hydrogen (secondary N) is 1. The van der Waals surface area contributed by atoms with Crippen LogP contribution >= 0.6 is 23.5 Å². The van der Waals surface area contributed by atoms with Gasteiger partial charge in [-0.3, -0.25) is 4.79 Å². The zero-order chi connectivity index (χ0) is 15.3. The van der Waals surface area contributed by atoms with Crippen LogP contribution in [0.15, 0.2) is 0 Å². The predicted octanol–water partition coefficient (Wildman–Crippen LogP) is 2.12. The number of urea groups is 1. The fourth-order valence-corrected chi connectivity index (χ4v) is 5.50. The van der Waals surface area contributed by atoms with Crippen LogP contribution in [0.5, 0.6) is 0 Å². The SMILES string of the molecule is CCC1(C(=O)O)CCCN(C(=O)NCC2CSCCS2)C1. The van der Waals surface area contributed by atoms with Crippen LogP contribution in [0.3, 0.4) is 0 Å². The van der Waals surface area contributed by atoms with E-state index in [2.05, 4.69) is 5.32 Å². The number of likely N-dealkylation sites (tertiary alicyclic amines) is 1. The van der Waals surface area contributed by atoms with Gasteiger partial charge in [0.15, 0.2) is 0 Å². The summed E-state index contributed by atoms with van der Waals surface area (Å²) in [5, 5.41) is 12.9. The summed E-state index contributed by atoms with van der Waals surface area (Å²) in [5.41, 5.74) is -0.759. The Hall–Kier alpha value is -0.560. The fourth-order valence-electron chi connectivity index (χ4n) is 2.89. The Morgan fingerprint density at radius 3 is 2.86 bits per heavy atom. The van der Waals surface area contributed by atoms with Gasteiger partial charge < -0.3 is 15.3 Å². The molecule has 2 fully saturated rings. The molecule has 2 rings (SSSR count). The molecule has 2 heterocycles. The molecule has 7 heteroatoms. The maximum absolute atomic E-state index is 12.3. The lowest BCUT2D eigenvalue weighted by molar-refractivity contribution is -0.152. The van der Waals surface area contributed by atoms with Crippen LogP contribution in [-0.4, -0.2) is 64.1 Å². The second-order valence-electron chi connectivity index (χ2n) is 5.72. The summed E-state index contributed by atoms with van der Waals surface area (Å²) in [7, 11) is 0. The average Bonchev–Trinajstić information content (AvgIpc) is 2.53. The van der Waals surface area contributed by atoms with Crippen molar-refractivity contribution in [2.75, 3.05) is 36.9 Å². The third kappa shape index (κ3) is 4.22. The normalized spacial score (nSPS) is 30.0. The number of carbonyl (C=O) groups excluding carboxylic acids is 1. The molecule has 120 valence electrons. The molecule has 0 aromatic heterocycles. The molecule has 2 aliphatic heterocycles. The topological polar surface area (TPSA) is 69.6 Å². The van der Waals surface area contributed by atoms with Gasteiger partial charge in [-0.2, -0.15) is 23.5 Å². The predicted molar refractivity (Wildman–Crippen MR) is 88.1 cm³/mol. The summed E-state index contributed by atoms with van der Waals surface area (Å²) in [6.45, 7) is 3.56. The lowest BCUT2D eigenvalue weighted by Crippen LogP contribution is -2.53. The first-order chi connectivity index (χ1) is 10.1. The van der Waals surface area contributed by atoms with E-state index in [1.54, 1.807) is 4.90 Å². The number of aliphatic carboxylic acids is 1. The van der Waals surface area contributed by atoms with Crippen LogP contribution in [0.1, 0.15) is 26.2 Å². The molecule has 2 saturated heterocycles. The Labute approximate surface area is 134 Å². The first kappa shape index (κ1) is 16.8. The van der Waals surface area contributed by atoms with Crippen molar-refractivity contribution in [3.8, 4) is 0 Å². The van der Waals surface area contributed by atoms with Gasteiger partial charge in [-0.15, -0.1) is 0 Å². The van der Waals surface area contributed by atoms with E-state index in [1.165, 1.54) is 5.75 Å². The molecule has 0 aromatic carbocycles. The van der Waals surface area contributed by atoms with Crippen LogP contribution in [0.25, 0.3) is 0 Å². The minimum absolute atomic E-state index is 0.107. The molecule has 2 unspecified atom stereocenters. The van der Waals surface area contributed by atoms with Crippen LogP contribution < -0.4 is 5.32 Å². The number of nitrogens with zero attached hydrogens (tertiary/aromatic N) is 1. The van der Waals surface area contributed by atoms with E-state index in [1.807, 2.05) is 30.4 Å². The highest BCUT2D eigenvalue weighted by atomic mass is 32.2. The highest BCUT2D eigenvalue weighted by molar-refractivity contribution is 8.06. The Morgan fingerprint density at radius 1 is 1.43 bits per heavy atom. The smallest absolute Gasteiger partial charge is 0.317 e. The first-order valence-electron chi connectivity index (χ1n) is 7.53. The van der Waals surface area contributed by atoms with Crippen molar-refractivity contribution < 1.29 is 14.7 Å². The zero-order valence-electron chi connectivity index (χ0n) is 12.5. The van der Waals surface area contributed by atoms with Crippen molar-refractivity contribution >= 4 is 35.5 Å². The standard InChI is InChI=1S/C14H24N2O3S2/c1-2-14(12(17)18)4-3-5-16(10-14)13(19)15-8-11-9-20-6-7-21-11/h11H,2-10H2,1H3,(H,15,19)(H,17,18). The molecule has 2 aliphatic rings. The summed E-state index contributed by atoms with van der Waals surface area (Å²) >= 11 is 3.85. The molecular weight excluding hydrogens is 308 g/mol. The lowest BCUT2D eigenvalue weighted by Gasteiger charge is -2.39. The summed E-state index contributed by atoms with van der Waals surface area (Å²) in [5.74, 6) is 2.65. The van der Waals surface area contributed by atoms with Crippen molar-refractivity contribution in [2.24, 2.45) is 5.41 Å². The van der Waals surface area contributed by atoms with Crippen molar-refractivity contribution in [1.29, 1.82) is 0 Å². The van der Waals surface area contributed by atoms with Gasteiger partial charge in [0.05, 0.1) is 5.41 Å². The number of amides is 2. The number of hydrogen-bond donors (Lipinski definition) is 2. The second kappa shape index (κ2) is 7.63. The monoisotopic (exact) mass is 332 g/mol. The highest BCUT2D eigenvalue weighted by Crippen LogP contribution is 2.33. The summed E-state index contributed by atoms with van der Waals surface area (Å²) in [6.07, 6.45) is 2.00. The van der Waals surface area contributed by atoms with E-state index in [0.717, 1.165) is 17.9 Å². The molecule has 0 saturated carbocycles. The van der Waals surface area contributed by atoms with E-state index in [0.29, 0.717) is 37.7 Å². The van der Waals surface area contributed by atoms with E-state index >= 15 is 0 Å². The quantitative estimate of drug-likeness (QED) is 0.825. The van der Waals surface area contributed by atoms with Crippen LogP contribution in [-0.2, 0) is 4.79 Å². The van der Waals surface area contributed by atoms with Gasteiger partial charge in [0.2, 0.25) is 0 Å². The largest absolute Gasteiger partial charge is 0.481 e. The van der Waals surface area contributed by atoms with Crippen molar-refractivity contribution in [3.63, 3.8) is 0 Å². The minimum Gasteiger partial charge on any atom is -0.481 e. The number of rotatable bonds is 4. The molecule has 0 radical (unpaired) electrons. The van der Waals surface area contributed by atoms with Crippen LogP contribution in [0, 0.1) is 5.41 Å². The van der Waals surface area contributed by atoms with E-state index in [9.17, 15) is 14.7 Å². The number of carboxylic acid groups (broad SMARTS) is 1.